The van der Waals surface area contributed by atoms with Crippen LogP contribution in [-0.4, -0.2) is 24.9 Å². The maximum Gasteiger partial charge on any atom is 0.343 e. The van der Waals surface area contributed by atoms with E-state index in [1.54, 1.807) is 48.5 Å². The minimum absolute atomic E-state index is 0.108. The van der Waals surface area contributed by atoms with E-state index in [4.69, 9.17) is 32.7 Å². The number of benzene rings is 3. The normalized spacial score (nSPS) is 13.4. The summed E-state index contributed by atoms with van der Waals surface area (Å²) >= 11 is 12.2. The molecule has 9 heteroatoms. The molecule has 1 aliphatic rings. The quantitative estimate of drug-likeness (QED) is 0.302. The lowest BCUT2D eigenvalue weighted by molar-refractivity contribution is -0.120. The zero-order valence-electron chi connectivity index (χ0n) is 17.2. The predicted octanol–water partition coefficient (Wildman–Crippen LogP) is 5.00. The Bertz CT molecular complexity index is 1270. The fourth-order valence-corrected chi connectivity index (χ4v) is 3.54. The van der Waals surface area contributed by atoms with Crippen LogP contribution in [0.3, 0.4) is 0 Å². The van der Waals surface area contributed by atoms with E-state index < -0.39 is 17.8 Å². The molecule has 0 unspecified atom stereocenters. The molecule has 7 nitrogen and oxygen atoms in total. The number of anilines is 2. The third-order valence-electron chi connectivity index (χ3n) is 4.75. The molecule has 4 rings (SSSR count). The van der Waals surface area contributed by atoms with Crippen molar-refractivity contribution in [2.24, 2.45) is 0 Å². The van der Waals surface area contributed by atoms with E-state index in [0.29, 0.717) is 22.0 Å². The van der Waals surface area contributed by atoms with E-state index in [9.17, 15) is 14.4 Å². The fourth-order valence-electron chi connectivity index (χ4n) is 3.16. The highest BCUT2D eigenvalue weighted by molar-refractivity contribution is 6.53. The van der Waals surface area contributed by atoms with E-state index in [1.807, 2.05) is 6.07 Å². The molecule has 0 aromatic heterocycles. The van der Waals surface area contributed by atoms with E-state index >= 15 is 0 Å². The first-order valence-corrected chi connectivity index (χ1v) is 10.4. The molecule has 2 amide bonds. The Kier molecular flexibility index (Phi) is 6.35. The largest absolute Gasteiger partial charge is 0.495 e. The van der Waals surface area contributed by atoms with Crippen LogP contribution in [0.4, 0.5) is 11.4 Å². The highest BCUT2D eigenvalue weighted by Crippen LogP contribution is 2.37. The van der Waals surface area contributed by atoms with Gasteiger partial charge in [0.1, 0.15) is 22.2 Å². The molecule has 0 saturated carbocycles. The fraction of sp³-hybridized carbons (Fsp3) is 0.0417. The molecule has 0 atom stereocenters. The molecule has 0 aliphatic carbocycles. The summed E-state index contributed by atoms with van der Waals surface area (Å²) in [5.41, 5.74) is 0.821. The van der Waals surface area contributed by atoms with Crippen LogP contribution >= 0.6 is 23.2 Å². The topological polar surface area (TPSA) is 84.9 Å². The predicted molar refractivity (Wildman–Crippen MR) is 125 cm³/mol. The van der Waals surface area contributed by atoms with Crippen LogP contribution in [-0.2, 0) is 9.59 Å². The molecule has 1 heterocycles. The molecule has 0 bridgehead atoms. The van der Waals surface area contributed by atoms with Gasteiger partial charge in [-0.25, -0.2) is 9.69 Å². The number of esters is 1. The van der Waals surface area contributed by atoms with Crippen molar-refractivity contribution in [1.82, 2.24) is 0 Å². The van der Waals surface area contributed by atoms with Gasteiger partial charge in [-0.15, -0.1) is 0 Å². The van der Waals surface area contributed by atoms with Crippen LogP contribution in [0.2, 0.25) is 5.02 Å². The molecular weight excluding hydrogens is 467 g/mol. The van der Waals surface area contributed by atoms with Gasteiger partial charge in [0, 0.05) is 10.7 Å². The van der Waals surface area contributed by atoms with E-state index in [2.05, 4.69) is 5.32 Å². The van der Waals surface area contributed by atoms with Gasteiger partial charge in [0.15, 0.2) is 0 Å². The summed E-state index contributed by atoms with van der Waals surface area (Å²) in [5, 5.41) is 2.89. The molecule has 0 saturated heterocycles. The van der Waals surface area contributed by atoms with E-state index in [1.165, 1.54) is 25.3 Å². The van der Waals surface area contributed by atoms with Crippen LogP contribution < -0.4 is 19.7 Å². The van der Waals surface area contributed by atoms with E-state index in [0.717, 1.165) is 4.90 Å². The molecular formula is C24H16Cl2N2O5. The maximum absolute atomic E-state index is 13.0. The number of amides is 2. The van der Waals surface area contributed by atoms with Gasteiger partial charge in [-0.2, -0.15) is 0 Å². The van der Waals surface area contributed by atoms with Gasteiger partial charge >= 0.3 is 5.97 Å². The molecule has 3 aromatic rings. The van der Waals surface area contributed by atoms with Crippen LogP contribution in [0, 0.1) is 0 Å². The number of nitrogens with zero attached hydrogens (tertiary/aromatic N) is 1. The second kappa shape index (κ2) is 9.36. The zero-order chi connectivity index (χ0) is 23.5. The molecule has 0 spiro atoms. The van der Waals surface area contributed by atoms with Crippen LogP contribution in [0.15, 0.2) is 83.5 Å². The number of halogens is 2. The Morgan fingerprint density at radius 2 is 1.61 bits per heavy atom. The van der Waals surface area contributed by atoms with Crippen molar-refractivity contribution in [1.29, 1.82) is 0 Å². The van der Waals surface area contributed by atoms with Gasteiger partial charge in [-0.3, -0.25) is 9.59 Å². The van der Waals surface area contributed by atoms with Gasteiger partial charge in [-0.1, -0.05) is 41.4 Å². The van der Waals surface area contributed by atoms with Crippen molar-refractivity contribution >= 4 is 52.4 Å². The Morgan fingerprint density at radius 3 is 2.27 bits per heavy atom. The first-order valence-electron chi connectivity index (χ1n) is 9.65. The number of hydrogen-bond acceptors (Lipinski definition) is 6. The number of carbonyl (C=O) groups excluding carboxylic acids is 3. The summed E-state index contributed by atoms with van der Waals surface area (Å²) in [7, 11) is 1.41. The smallest absolute Gasteiger partial charge is 0.343 e. The lowest BCUT2D eigenvalue weighted by Gasteiger charge is -2.18. The Labute approximate surface area is 199 Å². The average molecular weight is 483 g/mol. The number of hydrogen-bond donors (Lipinski definition) is 1. The second-order valence-electron chi connectivity index (χ2n) is 6.86. The van der Waals surface area contributed by atoms with Crippen molar-refractivity contribution < 1.29 is 23.9 Å². The van der Waals surface area contributed by atoms with Crippen molar-refractivity contribution in [2.45, 2.75) is 0 Å². The van der Waals surface area contributed by atoms with Crippen molar-refractivity contribution in [3.8, 4) is 11.5 Å². The SMILES string of the molecule is COc1ccc(Cl)cc1N1C(=O)C(Cl)=C(Nc2ccc(C(=O)Oc3ccccc3)cc2)C1=O. The summed E-state index contributed by atoms with van der Waals surface area (Å²) in [6, 6.07) is 19.4. The van der Waals surface area contributed by atoms with Crippen LogP contribution in [0.25, 0.3) is 0 Å². The summed E-state index contributed by atoms with van der Waals surface area (Å²) in [4.78, 5) is 38.9. The maximum atomic E-state index is 13.0. The number of ether oxygens (including phenoxy) is 2. The highest BCUT2D eigenvalue weighted by Gasteiger charge is 2.40. The van der Waals surface area contributed by atoms with Crippen molar-refractivity contribution in [3.63, 3.8) is 0 Å². The Hall–Kier alpha value is -3.81. The number of methoxy groups -OCH3 is 1. The van der Waals surface area contributed by atoms with Crippen LogP contribution in [0.5, 0.6) is 11.5 Å². The number of nitrogens with one attached hydrogen (secondary N) is 1. The number of carbonyl (C=O) groups is 3. The summed E-state index contributed by atoms with van der Waals surface area (Å²) in [6.07, 6.45) is 0. The van der Waals surface area contributed by atoms with Crippen molar-refractivity contribution in [2.75, 3.05) is 17.3 Å². The minimum Gasteiger partial charge on any atom is -0.495 e. The summed E-state index contributed by atoms with van der Waals surface area (Å²) < 4.78 is 10.5. The lowest BCUT2D eigenvalue weighted by Crippen LogP contribution is -2.32. The molecule has 166 valence electrons. The highest BCUT2D eigenvalue weighted by atomic mass is 35.5. The summed E-state index contributed by atoms with van der Waals surface area (Å²) in [5.74, 6) is -1.20. The van der Waals surface area contributed by atoms with Gasteiger partial charge in [0.05, 0.1) is 18.4 Å². The van der Waals surface area contributed by atoms with Crippen LogP contribution in [0.1, 0.15) is 10.4 Å². The average Bonchev–Trinajstić information content (AvgIpc) is 3.03. The minimum atomic E-state index is -0.715. The first-order chi connectivity index (χ1) is 15.9. The standard InChI is InChI=1S/C24H16Cl2N2O5/c1-32-19-12-9-15(25)13-18(19)28-22(29)20(26)21(23(28)30)27-16-10-7-14(8-11-16)24(31)33-17-5-3-2-4-6-17/h2-13,27H,1H3. The Morgan fingerprint density at radius 1 is 0.909 bits per heavy atom. The number of imide groups is 1. The Balaban J connectivity index is 1.52. The molecule has 0 fully saturated rings. The lowest BCUT2D eigenvalue weighted by atomic mass is 10.2. The monoisotopic (exact) mass is 482 g/mol. The third kappa shape index (κ3) is 4.55. The third-order valence-corrected chi connectivity index (χ3v) is 5.34. The van der Waals surface area contributed by atoms with Gasteiger partial charge in [0.2, 0.25) is 0 Å². The van der Waals surface area contributed by atoms with Gasteiger partial charge in [-0.05, 0) is 54.6 Å². The zero-order valence-corrected chi connectivity index (χ0v) is 18.7. The second-order valence-corrected chi connectivity index (χ2v) is 7.67. The van der Waals surface area contributed by atoms with Gasteiger partial charge < -0.3 is 14.8 Å². The summed E-state index contributed by atoms with van der Waals surface area (Å²) in [6.45, 7) is 0. The number of para-hydroxylation sites is 1. The molecule has 33 heavy (non-hydrogen) atoms. The van der Waals surface area contributed by atoms with Crippen molar-refractivity contribution in [3.05, 3.63) is 94.1 Å². The molecule has 1 N–H and O–H groups in total. The molecule has 1 aliphatic heterocycles. The first kappa shape index (κ1) is 22.4. The van der Waals surface area contributed by atoms with Gasteiger partial charge in [0.25, 0.3) is 11.8 Å². The molecule has 3 aromatic carbocycles. The van der Waals surface area contributed by atoms with E-state index in [-0.39, 0.29) is 22.2 Å². The molecule has 0 radical (unpaired) electrons. The number of rotatable bonds is 6.